The molecule has 0 aliphatic rings. The van der Waals surface area contributed by atoms with Gasteiger partial charge in [0.2, 0.25) is 0 Å². The summed E-state index contributed by atoms with van der Waals surface area (Å²) in [5, 5.41) is 3.77. The van der Waals surface area contributed by atoms with Gasteiger partial charge in [0.15, 0.2) is 10.3 Å². The van der Waals surface area contributed by atoms with Crippen LogP contribution >= 0.6 is 0 Å². The maximum atomic E-state index is 8.85. The summed E-state index contributed by atoms with van der Waals surface area (Å²) in [6, 6.07) is 0. The van der Waals surface area contributed by atoms with E-state index in [0.29, 0.717) is 0 Å². The molecule has 0 amide bonds. The van der Waals surface area contributed by atoms with E-state index in [-0.39, 0.29) is 30.1 Å². The van der Waals surface area contributed by atoms with Crippen molar-refractivity contribution in [3.63, 3.8) is 0 Å². The summed E-state index contributed by atoms with van der Waals surface area (Å²) in [6.45, 7) is 0. The first-order valence-electron chi connectivity index (χ1n) is 0.736. The van der Waals surface area contributed by atoms with E-state index in [4.69, 9.17) is 13.0 Å². The molecule has 0 aromatic heterocycles. The third kappa shape index (κ3) is 359. The van der Waals surface area contributed by atoms with Crippen molar-refractivity contribution in [3.8, 4) is 0 Å². The molecule has 7 heavy (non-hydrogen) atoms. The van der Waals surface area contributed by atoms with Gasteiger partial charge in [0.05, 0.1) is 0 Å². The van der Waals surface area contributed by atoms with Gasteiger partial charge in [0.1, 0.15) is 0 Å². The van der Waals surface area contributed by atoms with Crippen molar-refractivity contribution in [2.24, 2.45) is 5.14 Å². The summed E-state index contributed by atoms with van der Waals surface area (Å²) in [5.41, 5.74) is 0. The molecule has 4 radical (unpaired) electrons. The fourth-order valence-corrected chi connectivity index (χ4v) is 0. The summed E-state index contributed by atoms with van der Waals surface area (Å²) in [7, 11) is -4.42. The van der Waals surface area contributed by atoms with Gasteiger partial charge in [-0.25, -0.2) is 13.6 Å². The molecule has 0 fully saturated rings. The molecule has 0 rings (SSSR count). The van der Waals surface area contributed by atoms with Crippen molar-refractivity contribution in [1.29, 1.82) is 0 Å². The molecule has 5 nitrogen and oxygen atoms in total. The average Bonchev–Trinajstić information content (AvgIpc) is 0.722. The normalized spacial score (nSPS) is 8.29. The van der Waals surface area contributed by atoms with Crippen LogP contribution in [0.3, 0.4) is 0 Å². The Hall–Kier alpha value is 0.629. The van der Waals surface area contributed by atoms with Crippen LogP contribution in [0.2, 0.25) is 0 Å². The summed E-state index contributed by atoms with van der Waals surface area (Å²) < 4.78 is 26.6. The van der Waals surface area contributed by atoms with E-state index in [1.165, 1.54) is 0 Å². The van der Waals surface area contributed by atoms with E-state index in [1.54, 1.807) is 0 Å². The summed E-state index contributed by atoms with van der Waals surface area (Å²) in [6.07, 6.45) is 0. The molecule has 0 spiro atoms. The van der Waals surface area contributed by atoms with Crippen LogP contribution in [0.4, 0.5) is 0 Å². The Balaban J connectivity index is -0.0000000800. The van der Waals surface area contributed by atoms with Crippen LogP contribution in [0.5, 0.6) is 0 Å². The van der Waals surface area contributed by atoms with Gasteiger partial charge in [-0.3, -0.25) is 0 Å². The number of rotatable bonds is 0. The molecule has 0 bridgehead atoms. The van der Waals surface area contributed by atoms with Crippen LogP contribution in [0, 0.1) is 0 Å². The standard InChI is InChI=1S/H3NO3S.H3N.Sn/c1-5(2,3)4;;/h(H3,1,2,3,4);1H3;. The topological polar surface area (TPSA) is 120 Å². The van der Waals surface area contributed by atoms with E-state index < -0.39 is 10.3 Å². The molecule has 0 unspecified atom stereocenters. The van der Waals surface area contributed by atoms with E-state index in [2.05, 4.69) is 5.14 Å². The minimum absolute atomic E-state index is 0. The Morgan fingerprint density at radius 1 is 1.43 bits per heavy atom. The molecule has 0 saturated heterocycles. The molecule has 7 heteroatoms. The summed E-state index contributed by atoms with van der Waals surface area (Å²) in [4.78, 5) is 0. The van der Waals surface area contributed by atoms with Gasteiger partial charge in [-0.05, 0) is 0 Å². The van der Waals surface area contributed by atoms with Gasteiger partial charge in [-0.2, -0.15) is 0 Å². The molecule has 0 aliphatic carbocycles. The first kappa shape index (κ1) is 15.6. The summed E-state index contributed by atoms with van der Waals surface area (Å²) in [5.74, 6) is 0. The molecule has 44 valence electrons. The van der Waals surface area contributed by atoms with Gasteiger partial charge >= 0.3 is 0 Å². The maximum absolute atomic E-state index is 8.85. The fourth-order valence-electron chi connectivity index (χ4n) is 0. The van der Waals surface area contributed by atoms with Gasteiger partial charge < -0.3 is 10.7 Å². The zero-order chi connectivity index (χ0) is 4.50. The van der Waals surface area contributed by atoms with Crippen LogP contribution in [0.25, 0.3) is 0 Å². The SMILES string of the molecule is NS(=O)(=O)[O-].[NH4+].[Sn]. The van der Waals surface area contributed by atoms with Gasteiger partial charge in [0, 0.05) is 23.9 Å². The Morgan fingerprint density at radius 2 is 1.43 bits per heavy atom. The van der Waals surface area contributed by atoms with Crippen molar-refractivity contribution >= 4 is 34.2 Å². The zero-order valence-electron chi connectivity index (χ0n) is 3.71. The van der Waals surface area contributed by atoms with E-state index >= 15 is 0 Å². The molecule has 0 saturated carbocycles. The Bertz CT molecular complexity index is 96.1. The molecular formula is H6N2O3SSn. The Labute approximate surface area is 58.7 Å². The van der Waals surface area contributed by atoms with E-state index in [1.807, 2.05) is 0 Å². The van der Waals surface area contributed by atoms with Crippen molar-refractivity contribution in [3.05, 3.63) is 0 Å². The second-order valence-corrected chi connectivity index (χ2v) is 1.48. The quantitative estimate of drug-likeness (QED) is 0.387. The third-order valence-electron chi connectivity index (χ3n) is 0. The predicted molar refractivity (Wildman–Crippen MR) is 25.6 cm³/mol. The number of nitrogens with two attached hydrogens (primary N) is 1. The van der Waals surface area contributed by atoms with E-state index in [9.17, 15) is 0 Å². The van der Waals surface area contributed by atoms with Crippen LogP contribution in [-0.4, -0.2) is 36.9 Å². The number of hydrogen-bond acceptors (Lipinski definition) is 3. The number of hydrogen-bond donors (Lipinski definition) is 2. The second kappa shape index (κ2) is 4.78. The molecule has 0 atom stereocenters. The van der Waals surface area contributed by atoms with Crippen molar-refractivity contribution in [2.45, 2.75) is 0 Å². The molecule has 0 heterocycles. The minimum atomic E-state index is -4.42. The number of quaternary nitrogens is 1. The van der Waals surface area contributed by atoms with Crippen LogP contribution in [0.1, 0.15) is 0 Å². The third-order valence-corrected chi connectivity index (χ3v) is 0. The van der Waals surface area contributed by atoms with Gasteiger partial charge in [-0.15, -0.1) is 0 Å². The smallest absolute Gasteiger partial charge is 0.156 e. The molecule has 6 N–H and O–H groups in total. The second-order valence-electron chi connectivity index (χ2n) is 0.493. The summed E-state index contributed by atoms with van der Waals surface area (Å²) >= 11 is 0. The van der Waals surface area contributed by atoms with Crippen molar-refractivity contribution in [1.82, 2.24) is 6.15 Å². The average molecular weight is 233 g/mol. The Kier molecular flexibility index (Phi) is 10.7. The van der Waals surface area contributed by atoms with Crippen LogP contribution in [-0.2, 0) is 10.3 Å². The maximum Gasteiger partial charge on any atom is 0.156 e. The first-order chi connectivity index (χ1) is 2.00. The molecular weight excluding hydrogens is 227 g/mol. The zero-order valence-corrected chi connectivity index (χ0v) is 7.38. The van der Waals surface area contributed by atoms with Crippen LogP contribution < -0.4 is 11.3 Å². The first-order valence-corrected chi connectivity index (χ1v) is 2.21. The van der Waals surface area contributed by atoms with E-state index in [0.717, 1.165) is 0 Å². The van der Waals surface area contributed by atoms with Crippen LogP contribution in [0.15, 0.2) is 0 Å². The largest absolute Gasteiger partial charge is 0.736 e. The van der Waals surface area contributed by atoms with Gasteiger partial charge in [-0.1, -0.05) is 0 Å². The molecule has 0 aromatic carbocycles. The predicted octanol–water partition coefficient (Wildman–Crippen LogP) is -1.60. The molecule has 0 aliphatic heterocycles. The monoisotopic (exact) mass is 234 g/mol. The van der Waals surface area contributed by atoms with Crippen molar-refractivity contribution < 1.29 is 13.0 Å². The molecule has 0 aromatic rings. The van der Waals surface area contributed by atoms with Gasteiger partial charge in [0.25, 0.3) is 0 Å². The fraction of sp³-hybridized carbons (Fsp3) is 0. The van der Waals surface area contributed by atoms with Crippen molar-refractivity contribution in [2.75, 3.05) is 0 Å². The minimum Gasteiger partial charge on any atom is -0.736 e. The Morgan fingerprint density at radius 3 is 1.43 bits per heavy atom.